The van der Waals surface area contributed by atoms with Crippen LogP contribution in [-0.4, -0.2) is 26.0 Å². The van der Waals surface area contributed by atoms with E-state index in [1.807, 2.05) is 37.3 Å². The van der Waals surface area contributed by atoms with Gasteiger partial charge in [0.1, 0.15) is 5.75 Å². The Morgan fingerprint density at radius 2 is 1.59 bits per heavy atom. The van der Waals surface area contributed by atoms with E-state index in [1.54, 1.807) is 53.5 Å². The van der Waals surface area contributed by atoms with E-state index in [-0.39, 0.29) is 6.03 Å². The normalized spacial score (nSPS) is 10.4. The lowest BCUT2D eigenvalue weighted by atomic mass is 10.2. The number of ether oxygens (including phenoxy) is 1. The predicted octanol–water partition coefficient (Wildman–Crippen LogP) is 4.41. The summed E-state index contributed by atoms with van der Waals surface area (Å²) >= 11 is 0. The summed E-state index contributed by atoms with van der Waals surface area (Å²) in [7, 11) is 0. The van der Waals surface area contributed by atoms with Crippen molar-refractivity contribution in [1.82, 2.24) is 20.0 Å². The topological polar surface area (TPSA) is 94.0 Å². The van der Waals surface area contributed by atoms with Crippen LogP contribution in [0.1, 0.15) is 5.56 Å². The fourth-order valence-corrected chi connectivity index (χ4v) is 2.55. The van der Waals surface area contributed by atoms with Gasteiger partial charge in [-0.25, -0.2) is 9.48 Å². The van der Waals surface area contributed by atoms with Gasteiger partial charge in [-0.15, -0.1) is 10.2 Å². The number of aromatic nitrogens is 4. The third kappa shape index (κ3) is 4.75. The van der Waals surface area contributed by atoms with Gasteiger partial charge in [0.05, 0.1) is 0 Å². The minimum Gasteiger partial charge on any atom is -0.438 e. The van der Waals surface area contributed by atoms with E-state index < -0.39 is 0 Å². The first-order valence-corrected chi connectivity index (χ1v) is 8.92. The Balaban J connectivity index is 1.34. The van der Waals surface area contributed by atoms with Crippen molar-refractivity contribution in [3.8, 4) is 17.4 Å². The Hall–Kier alpha value is -4.20. The summed E-state index contributed by atoms with van der Waals surface area (Å²) in [5.41, 5.74) is 2.50. The van der Waals surface area contributed by atoms with Gasteiger partial charge in [-0.05, 0) is 55.5 Å². The second-order valence-corrected chi connectivity index (χ2v) is 6.25. The molecular weight excluding hydrogens is 368 g/mol. The smallest absolute Gasteiger partial charge is 0.323 e. The number of hydrogen-bond acceptors (Lipinski definition) is 5. The van der Waals surface area contributed by atoms with Gasteiger partial charge in [0.15, 0.2) is 5.82 Å². The molecule has 2 aromatic heterocycles. The monoisotopic (exact) mass is 386 g/mol. The maximum Gasteiger partial charge on any atom is 0.323 e. The van der Waals surface area contributed by atoms with Crippen molar-refractivity contribution >= 4 is 17.4 Å². The molecule has 4 aromatic rings. The van der Waals surface area contributed by atoms with Crippen LogP contribution in [-0.2, 0) is 0 Å². The van der Waals surface area contributed by atoms with Gasteiger partial charge in [-0.2, -0.15) is 5.10 Å². The molecule has 8 nitrogen and oxygen atoms in total. The van der Waals surface area contributed by atoms with Crippen molar-refractivity contribution in [2.24, 2.45) is 0 Å². The number of amides is 2. The lowest BCUT2D eigenvalue weighted by Gasteiger charge is -2.09. The standard InChI is InChI=1S/C21H18N6O2/c1-15-3-5-16(6-4-15)23-21(28)24-17-7-9-18(10-8-17)29-20-12-11-19(25-26-20)27-14-2-13-22-27/h2-14H,1H3,(H2,23,24,28). The molecule has 0 aliphatic carbocycles. The van der Waals surface area contributed by atoms with E-state index in [9.17, 15) is 4.79 Å². The molecule has 2 heterocycles. The first-order chi connectivity index (χ1) is 14.2. The largest absolute Gasteiger partial charge is 0.438 e. The second-order valence-electron chi connectivity index (χ2n) is 6.25. The summed E-state index contributed by atoms with van der Waals surface area (Å²) in [5, 5.41) is 17.8. The Morgan fingerprint density at radius 3 is 2.17 bits per heavy atom. The molecule has 2 amide bonds. The highest BCUT2D eigenvalue weighted by atomic mass is 16.5. The summed E-state index contributed by atoms with van der Waals surface area (Å²) in [4.78, 5) is 12.1. The molecule has 0 bridgehead atoms. The minimum absolute atomic E-state index is 0.317. The number of nitrogens with one attached hydrogen (secondary N) is 2. The van der Waals surface area contributed by atoms with E-state index in [4.69, 9.17) is 4.74 Å². The first kappa shape index (κ1) is 18.2. The fourth-order valence-electron chi connectivity index (χ4n) is 2.55. The number of carbonyl (C=O) groups is 1. The molecule has 0 spiro atoms. The van der Waals surface area contributed by atoms with Gasteiger partial charge in [0, 0.05) is 29.8 Å². The summed E-state index contributed by atoms with van der Waals surface area (Å²) in [6.07, 6.45) is 3.45. The average molecular weight is 386 g/mol. The SMILES string of the molecule is Cc1ccc(NC(=O)Nc2ccc(Oc3ccc(-n4cccn4)nn3)cc2)cc1. The maximum atomic E-state index is 12.1. The van der Waals surface area contributed by atoms with Crippen LogP contribution in [0.25, 0.3) is 5.82 Å². The summed E-state index contributed by atoms with van der Waals surface area (Å²) < 4.78 is 7.30. The van der Waals surface area contributed by atoms with Crippen LogP contribution in [0.5, 0.6) is 11.6 Å². The fraction of sp³-hybridized carbons (Fsp3) is 0.0476. The van der Waals surface area contributed by atoms with Crippen molar-refractivity contribution in [3.05, 3.63) is 84.7 Å². The molecule has 0 saturated carbocycles. The van der Waals surface area contributed by atoms with Crippen LogP contribution < -0.4 is 15.4 Å². The molecule has 4 rings (SSSR count). The molecule has 8 heteroatoms. The lowest BCUT2D eigenvalue weighted by molar-refractivity contribution is 0.262. The summed E-state index contributed by atoms with van der Waals surface area (Å²) in [5.74, 6) is 1.54. The number of rotatable bonds is 5. The van der Waals surface area contributed by atoms with Crippen LogP contribution in [0.4, 0.5) is 16.2 Å². The van der Waals surface area contributed by atoms with Gasteiger partial charge < -0.3 is 15.4 Å². The van der Waals surface area contributed by atoms with Crippen LogP contribution in [0.15, 0.2) is 79.1 Å². The Bertz CT molecular complexity index is 1080. The zero-order valence-electron chi connectivity index (χ0n) is 15.6. The number of aryl methyl sites for hydroxylation is 1. The number of carbonyl (C=O) groups excluding carboxylic acids is 1. The number of nitrogens with zero attached hydrogens (tertiary/aromatic N) is 4. The van der Waals surface area contributed by atoms with Crippen molar-refractivity contribution in [1.29, 1.82) is 0 Å². The van der Waals surface area contributed by atoms with Crippen LogP contribution in [0.2, 0.25) is 0 Å². The maximum absolute atomic E-state index is 12.1. The highest BCUT2D eigenvalue weighted by molar-refractivity contribution is 5.99. The molecule has 0 radical (unpaired) electrons. The molecule has 0 aliphatic rings. The van der Waals surface area contributed by atoms with E-state index >= 15 is 0 Å². The van der Waals surface area contributed by atoms with Crippen LogP contribution in [0, 0.1) is 6.92 Å². The molecule has 0 saturated heterocycles. The molecule has 0 unspecified atom stereocenters. The first-order valence-electron chi connectivity index (χ1n) is 8.92. The van der Waals surface area contributed by atoms with Crippen LogP contribution >= 0.6 is 0 Å². The van der Waals surface area contributed by atoms with Crippen molar-refractivity contribution in [2.45, 2.75) is 6.92 Å². The Kier molecular flexibility index (Phi) is 5.15. The molecule has 2 N–H and O–H groups in total. The van der Waals surface area contributed by atoms with Crippen molar-refractivity contribution < 1.29 is 9.53 Å². The number of hydrogen-bond donors (Lipinski definition) is 2. The number of urea groups is 1. The van der Waals surface area contributed by atoms with Gasteiger partial charge in [0.25, 0.3) is 0 Å². The molecule has 0 atom stereocenters. The molecule has 0 fully saturated rings. The van der Waals surface area contributed by atoms with Crippen molar-refractivity contribution in [2.75, 3.05) is 10.6 Å². The molecule has 144 valence electrons. The zero-order valence-corrected chi connectivity index (χ0v) is 15.6. The highest BCUT2D eigenvalue weighted by Gasteiger charge is 2.05. The lowest BCUT2D eigenvalue weighted by Crippen LogP contribution is -2.19. The average Bonchev–Trinajstić information content (AvgIpc) is 3.27. The summed E-state index contributed by atoms with van der Waals surface area (Å²) in [6, 6.07) is 19.5. The third-order valence-electron chi connectivity index (χ3n) is 4.01. The molecule has 29 heavy (non-hydrogen) atoms. The van der Waals surface area contributed by atoms with Gasteiger partial charge in [-0.1, -0.05) is 17.7 Å². The van der Waals surface area contributed by atoms with Gasteiger partial charge >= 0.3 is 6.03 Å². The number of benzene rings is 2. The van der Waals surface area contributed by atoms with E-state index in [0.29, 0.717) is 23.1 Å². The Morgan fingerprint density at radius 1 is 0.897 bits per heavy atom. The Labute approximate surface area is 167 Å². The van der Waals surface area contributed by atoms with Gasteiger partial charge in [0.2, 0.25) is 5.88 Å². The van der Waals surface area contributed by atoms with E-state index in [1.165, 1.54) is 0 Å². The zero-order chi connectivity index (χ0) is 20.1. The minimum atomic E-state index is -0.317. The van der Waals surface area contributed by atoms with E-state index in [0.717, 1.165) is 11.3 Å². The molecule has 2 aromatic carbocycles. The predicted molar refractivity (Wildman–Crippen MR) is 109 cm³/mol. The van der Waals surface area contributed by atoms with Crippen molar-refractivity contribution in [3.63, 3.8) is 0 Å². The third-order valence-corrected chi connectivity index (χ3v) is 4.01. The summed E-state index contributed by atoms with van der Waals surface area (Å²) in [6.45, 7) is 1.99. The molecular formula is C21H18N6O2. The molecule has 0 aliphatic heterocycles. The van der Waals surface area contributed by atoms with Crippen LogP contribution in [0.3, 0.4) is 0 Å². The van der Waals surface area contributed by atoms with Gasteiger partial charge in [-0.3, -0.25) is 0 Å². The second kappa shape index (κ2) is 8.22. The highest BCUT2D eigenvalue weighted by Crippen LogP contribution is 2.21. The van der Waals surface area contributed by atoms with E-state index in [2.05, 4.69) is 25.9 Å². The quantitative estimate of drug-likeness (QED) is 0.530. The number of anilines is 2.